The molecule has 2 heterocycles. The van der Waals surface area contributed by atoms with Crippen LogP contribution in [-0.4, -0.2) is 59.7 Å². The lowest BCUT2D eigenvalue weighted by atomic mass is 10.1. The summed E-state index contributed by atoms with van der Waals surface area (Å²) in [6.07, 6.45) is 0.883. The summed E-state index contributed by atoms with van der Waals surface area (Å²) in [4.78, 5) is 41.9. The van der Waals surface area contributed by atoms with Crippen LogP contribution < -0.4 is 4.90 Å². The second kappa shape index (κ2) is 7.44. The Labute approximate surface area is 152 Å². The van der Waals surface area contributed by atoms with Crippen molar-refractivity contribution in [3.05, 3.63) is 29.3 Å². The molecule has 2 fully saturated rings. The first-order valence-corrected chi connectivity index (χ1v) is 9.03. The van der Waals surface area contributed by atoms with Gasteiger partial charge >= 0.3 is 0 Å². The Hall–Kier alpha value is -2.08. The van der Waals surface area contributed by atoms with E-state index >= 15 is 0 Å². The summed E-state index contributed by atoms with van der Waals surface area (Å²) in [6, 6.07) is 6.98. The van der Waals surface area contributed by atoms with Crippen molar-refractivity contribution in [1.29, 1.82) is 0 Å². The highest BCUT2D eigenvalue weighted by atomic mass is 35.5. The van der Waals surface area contributed by atoms with Gasteiger partial charge < -0.3 is 9.80 Å². The molecule has 0 N–H and O–H groups in total. The number of benzene rings is 1. The molecular formula is C18H22ClN3O3. The molecule has 3 amide bonds. The van der Waals surface area contributed by atoms with Gasteiger partial charge in [-0.05, 0) is 30.7 Å². The first-order valence-electron chi connectivity index (χ1n) is 8.65. The van der Waals surface area contributed by atoms with Crippen LogP contribution in [0.1, 0.15) is 26.2 Å². The fraction of sp³-hybridized carbons (Fsp3) is 0.500. The highest BCUT2D eigenvalue weighted by molar-refractivity contribution is 6.30. The second-order valence-corrected chi connectivity index (χ2v) is 6.81. The molecule has 0 saturated carbocycles. The second-order valence-electron chi connectivity index (χ2n) is 6.37. The molecule has 6 nitrogen and oxygen atoms in total. The lowest BCUT2D eigenvalue weighted by molar-refractivity contribution is -0.151. The minimum Gasteiger partial charge on any atom is -0.368 e. The van der Waals surface area contributed by atoms with E-state index in [2.05, 4.69) is 4.90 Å². The van der Waals surface area contributed by atoms with Gasteiger partial charge in [-0.2, -0.15) is 0 Å². The fourth-order valence-corrected chi connectivity index (χ4v) is 3.58. The zero-order valence-electron chi connectivity index (χ0n) is 14.3. The summed E-state index contributed by atoms with van der Waals surface area (Å²) < 4.78 is 0. The van der Waals surface area contributed by atoms with Gasteiger partial charge in [-0.15, -0.1) is 0 Å². The number of halogens is 1. The minimum atomic E-state index is -0.662. The van der Waals surface area contributed by atoms with Crippen LogP contribution in [0.25, 0.3) is 0 Å². The van der Waals surface area contributed by atoms with Crippen molar-refractivity contribution in [2.75, 3.05) is 31.1 Å². The summed E-state index contributed by atoms with van der Waals surface area (Å²) in [5.74, 6) is -0.586. The molecule has 1 unspecified atom stereocenters. The number of carbonyl (C=O) groups is 3. The molecule has 2 aliphatic heterocycles. The van der Waals surface area contributed by atoms with Crippen LogP contribution in [0.4, 0.5) is 5.69 Å². The minimum absolute atomic E-state index is 0.123. The number of carbonyl (C=O) groups excluding carboxylic acids is 3. The Morgan fingerprint density at radius 2 is 1.60 bits per heavy atom. The van der Waals surface area contributed by atoms with Crippen molar-refractivity contribution in [1.82, 2.24) is 9.80 Å². The molecule has 1 aromatic rings. The predicted octanol–water partition coefficient (Wildman–Crippen LogP) is 1.92. The number of anilines is 1. The van der Waals surface area contributed by atoms with Crippen LogP contribution in [0.2, 0.25) is 5.02 Å². The number of amides is 3. The maximum Gasteiger partial charge on any atom is 0.245 e. The lowest BCUT2D eigenvalue weighted by Crippen LogP contribution is -2.55. The van der Waals surface area contributed by atoms with E-state index in [0.717, 1.165) is 5.69 Å². The maximum absolute atomic E-state index is 12.8. The van der Waals surface area contributed by atoms with Gasteiger partial charge in [0.2, 0.25) is 17.7 Å². The van der Waals surface area contributed by atoms with Crippen LogP contribution in [0, 0.1) is 0 Å². The number of nitrogens with zero attached hydrogens (tertiary/aromatic N) is 3. The van der Waals surface area contributed by atoms with Gasteiger partial charge in [-0.25, -0.2) is 0 Å². The number of imide groups is 1. The Kier molecular flexibility index (Phi) is 5.27. The summed E-state index contributed by atoms with van der Waals surface area (Å²) in [5.41, 5.74) is 1.08. The Morgan fingerprint density at radius 1 is 1.04 bits per heavy atom. The number of hydrogen-bond acceptors (Lipinski definition) is 4. The molecule has 0 spiro atoms. The third-order valence-electron chi connectivity index (χ3n) is 4.86. The summed E-state index contributed by atoms with van der Waals surface area (Å²) in [6.45, 7) is 4.42. The standard InChI is InChI=1S/C18H22ClN3O3/c1-2-15(22-16(23)7-8-17(22)24)18(25)21-11-9-20(10-12-21)14-5-3-13(19)4-6-14/h3-6,15H,2,7-12H2,1H3. The highest BCUT2D eigenvalue weighted by Crippen LogP contribution is 2.22. The smallest absolute Gasteiger partial charge is 0.245 e. The van der Waals surface area contributed by atoms with Gasteiger partial charge in [0.25, 0.3) is 0 Å². The van der Waals surface area contributed by atoms with E-state index < -0.39 is 6.04 Å². The van der Waals surface area contributed by atoms with Crippen LogP contribution in [-0.2, 0) is 14.4 Å². The molecular weight excluding hydrogens is 342 g/mol. The van der Waals surface area contributed by atoms with Gasteiger partial charge in [-0.3, -0.25) is 19.3 Å². The van der Waals surface area contributed by atoms with Crippen LogP contribution in [0.15, 0.2) is 24.3 Å². The SMILES string of the molecule is CCC(C(=O)N1CCN(c2ccc(Cl)cc2)CC1)N1C(=O)CCC1=O. The summed E-state index contributed by atoms with van der Waals surface area (Å²) in [7, 11) is 0. The highest BCUT2D eigenvalue weighted by Gasteiger charge is 2.39. The third-order valence-corrected chi connectivity index (χ3v) is 5.11. The molecule has 0 bridgehead atoms. The quantitative estimate of drug-likeness (QED) is 0.767. The summed E-state index contributed by atoms with van der Waals surface area (Å²) in [5, 5.41) is 0.697. The molecule has 3 rings (SSSR count). The van der Waals surface area contributed by atoms with Crippen molar-refractivity contribution in [2.45, 2.75) is 32.2 Å². The molecule has 0 aromatic heterocycles. The summed E-state index contributed by atoms with van der Waals surface area (Å²) >= 11 is 5.92. The first kappa shape index (κ1) is 17.7. The largest absolute Gasteiger partial charge is 0.368 e. The molecule has 134 valence electrons. The molecule has 2 saturated heterocycles. The van der Waals surface area contributed by atoms with E-state index in [0.29, 0.717) is 37.6 Å². The Bertz CT molecular complexity index is 653. The lowest BCUT2D eigenvalue weighted by Gasteiger charge is -2.38. The van der Waals surface area contributed by atoms with Crippen LogP contribution in [0.5, 0.6) is 0 Å². The topological polar surface area (TPSA) is 60.9 Å². The number of piperazine rings is 1. The molecule has 0 aliphatic carbocycles. The van der Waals surface area contributed by atoms with E-state index in [4.69, 9.17) is 11.6 Å². The molecule has 25 heavy (non-hydrogen) atoms. The fourth-order valence-electron chi connectivity index (χ4n) is 3.46. The van der Waals surface area contributed by atoms with Gasteiger partial charge in [0.05, 0.1) is 0 Å². The van der Waals surface area contributed by atoms with Gasteiger partial charge in [0.1, 0.15) is 6.04 Å². The number of rotatable bonds is 4. The van der Waals surface area contributed by atoms with Gasteiger partial charge in [0, 0.05) is 49.7 Å². The number of likely N-dealkylation sites (tertiary alicyclic amines) is 1. The molecule has 2 aliphatic rings. The van der Waals surface area contributed by atoms with Crippen molar-refractivity contribution in [3.63, 3.8) is 0 Å². The average Bonchev–Trinajstić information content (AvgIpc) is 2.96. The molecule has 7 heteroatoms. The third kappa shape index (κ3) is 3.63. The zero-order chi connectivity index (χ0) is 18.0. The maximum atomic E-state index is 12.8. The van der Waals surface area contributed by atoms with Crippen molar-refractivity contribution < 1.29 is 14.4 Å². The van der Waals surface area contributed by atoms with Crippen molar-refractivity contribution in [3.8, 4) is 0 Å². The Balaban J connectivity index is 1.63. The van der Waals surface area contributed by atoms with E-state index in [1.807, 2.05) is 31.2 Å². The van der Waals surface area contributed by atoms with E-state index in [1.54, 1.807) is 4.90 Å². The molecule has 1 aromatic carbocycles. The van der Waals surface area contributed by atoms with Crippen molar-refractivity contribution >= 4 is 35.0 Å². The monoisotopic (exact) mass is 363 g/mol. The van der Waals surface area contributed by atoms with Crippen LogP contribution in [0.3, 0.4) is 0 Å². The molecule has 0 radical (unpaired) electrons. The normalized spacial score (nSPS) is 19.5. The molecule has 1 atom stereocenters. The van der Waals surface area contributed by atoms with Gasteiger partial charge in [-0.1, -0.05) is 18.5 Å². The van der Waals surface area contributed by atoms with E-state index in [1.165, 1.54) is 4.90 Å². The Morgan fingerprint density at radius 3 is 2.12 bits per heavy atom. The van der Waals surface area contributed by atoms with E-state index in [9.17, 15) is 14.4 Å². The van der Waals surface area contributed by atoms with Crippen molar-refractivity contribution in [2.24, 2.45) is 0 Å². The first-order chi connectivity index (χ1) is 12.0. The number of hydrogen-bond donors (Lipinski definition) is 0. The van der Waals surface area contributed by atoms with Crippen LogP contribution >= 0.6 is 11.6 Å². The van der Waals surface area contributed by atoms with Gasteiger partial charge in [0.15, 0.2) is 0 Å². The predicted molar refractivity (Wildman–Crippen MR) is 95.4 cm³/mol. The average molecular weight is 364 g/mol. The zero-order valence-corrected chi connectivity index (χ0v) is 15.0. The van der Waals surface area contributed by atoms with E-state index in [-0.39, 0.29) is 30.6 Å².